The second-order valence-electron chi connectivity index (χ2n) is 4.05. The van der Waals surface area contributed by atoms with Gasteiger partial charge in [0, 0.05) is 38.2 Å². The number of methoxy groups -OCH3 is 1. The summed E-state index contributed by atoms with van der Waals surface area (Å²) >= 11 is 1.71. The van der Waals surface area contributed by atoms with E-state index < -0.39 is 0 Å². The van der Waals surface area contributed by atoms with Crippen molar-refractivity contribution in [3.05, 3.63) is 15.6 Å². The Balaban J connectivity index is 2.02. The Morgan fingerprint density at radius 3 is 3.12 bits per heavy atom. The number of nitrogens with two attached hydrogens (primary N) is 1. The number of nitrogens with zero attached hydrogens (tertiary/aromatic N) is 1. The van der Waals surface area contributed by atoms with Gasteiger partial charge in [-0.05, 0) is 12.3 Å². The number of thiazole rings is 1. The summed E-state index contributed by atoms with van der Waals surface area (Å²) in [5.74, 6) is 0.632. The summed E-state index contributed by atoms with van der Waals surface area (Å²) in [5, 5.41) is 1.17. The standard InChI is InChI=1S/C11H18N2O2S/c1-14-7-9-10(5-12)16-11(13-9)4-8-2-3-15-6-8/h8H,2-7,12H2,1H3. The molecule has 0 aliphatic carbocycles. The lowest BCUT2D eigenvalue weighted by molar-refractivity contribution is 0.180. The molecule has 0 spiro atoms. The molecule has 0 radical (unpaired) electrons. The molecular formula is C11H18N2O2S. The molecule has 4 nitrogen and oxygen atoms in total. The van der Waals surface area contributed by atoms with Crippen LogP contribution in [0.5, 0.6) is 0 Å². The first-order chi connectivity index (χ1) is 7.83. The highest BCUT2D eigenvalue weighted by Gasteiger charge is 2.19. The predicted octanol–water partition coefficient (Wildman–Crippen LogP) is 1.33. The fraction of sp³-hybridized carbons (Fsp3) is 0.727. The number of hydrogen-bond donors (Lipinski definition) is 1. The summed E-state index contributed by atoms with van der Waals surface area (Å²) in [5.41, 5.74) is 6.70. The third-order valence-corrected chi connectivity index (χ3v) is 3.92. The van der Waals surface area contributed by atoms with Crippen molar-refractivity contribution in [3.63, 3.8) is 0 Å². The van der Waals surface area contributed by atoms with Crippen LogP contribution in [0.4, 0.5) is 0 Å². The second kappa shape index (κ2) is 5.72. The van der Waals surface area contributed by atoms with Crippen LogP contribution in [-0.2, 0) is 29.0 Å². The molecule has 2 heterocycles. The maximum absolute atomic E-state index is 5.69. The van der Waals surface area contributed by atoms with Crippen LogP contribution in [0.3, 0.4) is 0 Å². The molecule has 1 unspecified atom stereocenters. The zero-order chi connectivity index (χ0) is 11.4. The van der Waals surface area contributed by atoms with Gasteiger partial charge in [0.25, 0.3) is 0 Å². The van der Waals surface area contributed by atoms with Gasteiger partial charge in [0.05, 0.1) is 17.3 Å². The minimum atomic E-state index is 0.553. The molecule has 1 saturated heterocycles. The van der Waals surface area contributed by atoms with Crippen LogP contribution in [0.15, 0.2) is 0 Å². The van der Waals surface area contributed by atoms with Crippen molar-refractivity contribution in [3.8, 4) is 0 Å². The summed E-state index contributed by atoms with van der Waals surface area (Å²) in [4.78, 5) is 5.74. The minimum Gasteiger partial charge on any atom is -0.381 e. The predicted molar refractivity (Wildman–Crippen MR) is 63.3 cm³/mol. The van der Waals surface area contributed by atoms with E-state index in [0.717, 1.165) is 36.6 Å². The fourth-order valence-electron chi connectivity index (χ4n) is 1.92. The van der Waals surface area contributed by atoms with Crippen molar-refractivity contribution in [1.29, 1.82) is 0 Å². The summed E-state index contributed by atoms with van der Waals surface area (Å²) in [7, 11) is 1.68. The van der Waals surface area contributed by atoms with E-state index in [4.69, 9.17) is 15.2 Å². The maximum Gasteiger partial charge on any atom is 0.0936 e. The lowest BCUT2D eigenvalue weighted by Gasteiger charge is -2.02. The van der Waals surface area contributed by atoms with Gasteiger partial charge in [0.1, 0.15) is 0 Å². The van der Waals surface area contributed by atoms with E-state index in [-0.39, 0.29) is 0 Å². The van der Waals surface area contributed by atoms with Crippen LogP contribution in [0.2, 0.25) is 0 Å². The monoisotopic (exact) mass is 242 g/mol. The Kier molecular flexibility index (Phi) is 4.29. The molecule has 1 aliphatic heterocycles. The Labute approximate surface area is 99.8 Å². The van der Waals surface area contributed by atoms with E-state index in [9.17, 15) is 0 Å². The Morgan fingerprint density at radius 2 is 2.50 bits per heavy atom. The smallest absolute Gasteiger partial charge is 0.0936 e. The molecule has 1 aliphatic rings. The van der Waals surface area contributed by atoms with E-state index >= 15 is 0 Å². The number of hydrogen-bond acceptors (Lipinski definition) is 5. The first kappa shape index (κ1) is 12.0. The molecule has 90 valence electrons. The van der Waals surface area contributed by atoms with Crippen LogP contribution in [0.25, 0.3) is 0 Å². The summed E-state index contributed by atoms with van der Waals surface area (Å²) in [6.45, 7) is 2.88. The number of rotatable bonds is 5. The summed E-state index contributed by atoms with van der Waals surface area (Å²) < 4.78 is 10.5. The van der Waals surface area contributed by atoms with E-state index in [1.165, 1.54) is 5.01 Å². The normalized spacial score (nSPS) is 20.5. The molecule has 2 N–H and O–H groups in total. The van der Waals surface area contributed by atoms with Crippen LogP contribution in [0.1, 0.15) is 22.0 Å². The van der Waals surface area contributed by atoms with Gasteiger partial charge in [-0.3, -0.25) is 0 Å². The Bertz CT molecular complexity index is 335. The lowest BCUT2D eigenvalue weighted by Crippen LogP contribution is -2.03. The minimum absolute atomic E-state index is 0.553. The molecule has 1 aromatic heterocycles. The van der Waals surface area contributed by atoms with E-state index in [1.807, 2.05) is 0 Å². The Hall–Kier alpha value is -0.490. The molecule has 16 heavy (non-hydrogen) atoms. The first-order valence-electron chi connectivity index (χ1n) is 5.57. The molecular weight excluding hydrogens is 224 g/mol. The van der Waals surface area contributed by atoms with Gasteiger partial charge >= 0.3 is 0 Å². The van der Waals surface area contributed by atoms with Gasteiger partial charge in [-0.1, -0.05) is 0 Å². The van der Waals surface area contributed by atoms with E-state index in [1.54, 1.807) is 18.4 Å². The largest absolute Gasteiger partial charge is 0.381 e. The molecule has 2 rings (SSSR count). The van der Waals surface area contributed by atoms with Crippen molar-refractivity contribution in [2.45, 2.75) is 26.0 Å². The van der Waals surface area contributed by atoms with Gasteiger partial charge in [0.2, 0.25) is 0 Å². The van der Waals surface area contributed by atoms with Crippen LogP contribution in [-0.4, -0.2) is 25.3 Å². The highest BCUT2D eigenvalue weighted by Crippen LogP contribution is 2.24. The first-order valence-corrected chi connectivity index (χ1v) is 6.39. The molecule has 0 saturated carbocycles. The van der Waals surface area contributed by atoms with Gasteiger partial charge in [-0.2, -0.15) is 0 Å². The molecule has 1 fully saturated rings. The van der Waals surface area contributed by atoms with Gasteiger partial charge < -0.3 is 15.2 Å². The van der Waals surface area contributed by atoms with Crippen molar-refractivity contribution < 1.29 is 9.47 Å². The van der Waals surface area contributed by atoms with Crippen LogP contribution in [0, 0.1) is 5.92 Å². The molecule has 5 heteroatoms. The van der Waals surface area contributed by atoms with E-state index in [0.29, 0.717) is 19.1 Å². The van der Waals surface area contributed by atoms with Crippen molar-refractivity contribution in [1.82, 2.24) is 4.98 Å². The average molecular weight is 242 g/mol. The average Bonchev–Trinajstić information content (AvgIpc) is 2.89. The summed E-state index contributed by atoms with van der Waals surface area (Å²) in [6.07, 6.45) is 2.17. The van der Waals surface area contributed by atoms with Crippen LogP contribution < -0.4 is 5.73 Å². The molecule has 1 aromatic rings. The fourth-order valence-corrected chi connectivity index (χ4v) is 2.99. The van der Waals surface area contributed by atoms with Crippen molar-refractivity contribution in [2.75, 3.05) is 20.3 Å². The van der Waals surface area contributed by atoms with Crippen molar-refractivity contribution in [2.24, 2.45) is 11.7 Å². The van der Waals surface area contributed by atoms with E-state index in [2.05, 4.69) is 4.98 Å². The molecule has 0 amide bonds. The molecule has 0 bridgehead atoms. The van der Waals surface area contributed by atoms with Gasteiger partial charge in [0.15, 0.2) is 0 Å². The molecule has 0 aromatic carbocycles. The van der Waals surface area contributed by atoms with Gasteiger partial charge in [-0.25, -0.2) is 4.98 Å². The highest BCUT2D eigenvalue weighted by atomic mass is 32.1. The third-order valence-electron chi connectivity index (χ3n) is 2.78. The quantitative estimate of drug-likeness (QED) is 0.846. The Morgan fingerprint density at radius 1 is 1.62 bits per heavy atom. The molecule has 1 atom stereocenters. The zero-order valence-corrected chi connectivity index (χ0v) is 10.4. The summed E-state index contributed by atoms with van der Waals surface area (Å²) in [6, 6.07) is 0. The van der Waals surface area contributed by atoms with Crippen molar-refractivity contribution >= 4 is 11.3 Å². The third kappa shape index (κ3) is 2.79. The second-order valence-corrected chi connectivity index (χ2v) is 5.22. The highest BCUT2D eigenvalue weighted by molar-refractivity contribution is 7.11. The zero-order valence-electron chi connectivity index (χ0n) is 9.57. The lowest BCUT2D eigenvalue weighted by atomic mass is 10.1. The SMILES string of the molecule is COCc1nc(CC2CCOC2)sc1CN. The number of aromatic nitrogens is 1. The van der Waals surface area contributed by atoms with Gasteiger partial charge in [-0.15, -0.1) is 11.3 Å². The topological polar surface area (TPSA) is 57.4 Å². The maximum atomic E-state index is 5.69. The number of ether oxygens (including phenoxy) is 2. The van der Waals surface area contributed by atoms with Crippen LogP contribution >= 0.6 is 11.3 Å².